The molecular weight excluding hydrogens is 823 g/mol. The number of carbonyl (C=O) groups excluding carboxylic acids is 4. The number of nitrogens with one attached hydrogen (secondary N) is 2. The number of aromatic nitrogens is 3. The maximum atomic E-state index is 15.2. The molecule has 6 aliphatic rings. The summed E-state index contributed by atoms with van der Waals surface area (Å²) >= 11 is 0. The van der Waals surface area contributed by atoms with Gasteiger partial charge in [0.05, 0.1) is 41.4 Å². The third-order valence-corrected chi connectivity index (χ3v) is 14.0. The fourth-order valence-corrected chi connectivity index (χ4v) is 10.5. The predicted octanol–water partition coefficient (Wildman–Crippen LogP) is 5.78. The number of ether oxygens (including phenoxy) is 1. The lowest BCUT2D eigenvalue weighted by atomic mass is 9.77. The first-order valence-electron chi connectivity index (χ1n) is 22.4. The molecule has 64 heavy (non-hydrogen) atoms. The monoisotopic (exact) mass is 874 g/mol. The van der Waals surface area contributed by atoms with Gasteiger partial charge in [-0.15, -0.1) is 0 Å². The lowest BCUT2D eigenvalue weighted by Gasteiger charge is -2.46. The van der Waals surface area contributed by atoms with E-state index in [0.29, 0.717) is 79.6 Å². The van der Waals surface area contributed by atoms with E-state index in [9.17, 15) is 19.2 Å². The minimum atomic E-state index is -1.02. The van der Waals surface area contributed by atoms with Gasteiger partial charge >= 0.3 is 0 Å². The van der Waals surface area contributed by atoms with Crippen LogP contribution < -0.4 is 30.1 Å². The van der Waals surface area contributed by atoms with E-state index in [-0.39, 0.29) is 35.6 Å². The molecule has 4 saturated heterocycles. The number of aryl methyl sites for hydroxylation is 2. The topological polar surface area (TPSA) is 158 Å². The van der Waals surface area contributed by atoms with Crippen molar-refractivity contribution in [1.82, 2.24) is 25.0 Å². The van der Waals surface area contributed by atoms with Crippen molar-refractivity contribution in [2.45, 2.75) is 64.7 Å². The summed E-state index contributed by atoms with van der Waals surface area (Å²) in [6, 6.07) is 12.1. The Balaban J connectivity index is 0.788. The zero-order valence-corrected chi connectivity index (χ0v) is 36.3. The number of guanidine groups is 1. The standard InChI is InChI=1S/C47H52F2N10O5/c1-27-5-4-14-64-45-34(21-50-55(45)3)38-16-30(15-28(2)51-38)43(62)54-46-52-37-8-6-31(19-39(37)58(46)22-27)59-26-47(20-41(59)61)10-12-56(13-11-47)23-29-24-57(25-29)32-17-35(48)42(36(49)18-32)33-7-9-40(60)53-44(33)63/h6,8,15-19,21,27,29,33H,4-5,7,9-14,20,22-26H2,1-3H3,(H,52,54,62)(H,53,60,63)/t27-,33-/m1/s1. The van der Waals surface area contributed by atoms with Crippen LogP contribution in [-0.4, -0.2) is 102 Å². The molecule has 2 atom stereocenters. The summed E-state index contributed by atoms with van der Waals surface area (Å²) in [5.41, 5.74) is 4.94. The average Bonchev–Trinajstić information content (AvgIpc) is 3.89. The molecule has 6 aliphatic heterocycles. The molecule has 2 aromatic heterocycles. The molecule has 17 heteroatoms. The van der Waals surface area contributed by atoms with Crippen LogP contribution in [0.5, 0.6) is 5.88 Å². The van der Waals surface area contributed by atoms with Crippen LogP contribution in [0.25, 0.3) is 11.3 Å². The zero-order chi connectivity index (χ0) is 44.4. The number of amides is 4. The van der Waals surface area contributed by atoms with Crippen LogP contribution in [0.2, 0.25) is 0 Å². The third kappa shape index (κ3) is 7.87. The summed E-state index contributed by atoms with van der Waals surface area (Å²) in [5, 5.41) is 9.99. The number of piperidine rings is 2. The summed E-state index contributed by atoms with van der Waals surface area (Å²) in [6.07, 6.45) is 5.78. The quantitative estimate of drug-likeness (QED) is 0.234. The van der Waals surface area contributed by atoms with Crippen LogP contribution in [-0.2, 0) is 21.4 Å². The van der Waals surface area contributed by atoms with Crippen molar-refractivity contribution in [2.75, 3.05) is 72.4 Å². The van der Waals surface area contributed by atoms with E-state index in [1.54, 1.807) is 23.0 Å². The summed E-state index contributed by atoms with van der Waals surface area (Å²) in [4.78, 5) is 69.3. The van der Waals surface area contributed by atoms with E-state index in [4.69, 9.17) is 9.72 Å². The third-order valence-electron chi connectivity index (χ3n) is 14.0. The van der Waals surface area contributed by atoms with Crippen molar-refractivity contribution in [2.24, 2.45) is 29.3 Å². The molecule has 0 unspecified atom stereocenters. The van der Waals surface area contributed by atoms with Crippen molar-refractivity contribution >= 4 is 52.3 Å². The Kier molecular flexibility index (Phi) is 10.7. The molecule has 10 rings (SSSR count). The number of benzene rings is 2. The van der Waals surface area contributed by atoms with Crippen LogP contribution in [0.1, 0.15) is 79.4 Å². The lowest BCUT2D eigenvalue weighted by molar-refractivity contribution is -0.134. The molecule has 15 nitrogen and oxygen atoms in total. The average molecular weight is 875 g/mol. The fraction of sp³-hybridized carbons (Fsp3) is 0.468. The van der Waals surface area contributed by atoms with E-state index in [0.717, 1.165) is 67.9 Å². The van der Waals surface area contributed by atoms with Gasteiger partial charge in [0.15, 0.2) is 0 Å². The number of nitrogens with zero attached hydrogens (tertiary/aromatic N) is 8. The van der Waals surface area contributed by atoms with E-state index in [1.807, 2.05) is 42.0 Å². The molecule has 1 spiro atoms. The van der Waals surface area contributed by atoms with Crippen LogP contribution in [0.4, 0.5) is 31.5 Å². The summed E-state index contributed by atoms with van der Waals surface area (Å²) in [6.45, 7) is 9.68. The molecule has 0 saturated carbocycles. The van der Waals surface area contributed by atoms with Gasteiger partial charge in [0.25, 0.3) is 5.91 Å². The number of carbonyl (C=O) groups is 4. The molecule has 2 bridgehead atoms. The second-order valence-corrected chi connectivity index (χ2v) is 18.7. The number of hydrogen-bond acceptors (Lipinski definition) is 11. The first-order valence-corrected chi connectivity index (χ1v) is 22.4. The molecule has 2 N–H and O–H groups in total. The van der Waals surface area contributed by atoms with Gasteiger partial charge in [0, 0.05) is 86.7 Å². The minimum Gasteiger partial charge on any atom is -0.477 e. The highest BCUT2D eigenvalue weighted by Gasteiger charge is 2.46. The van der Waals surface area contributed by atoms with Crippen LogP contribution in [0, 0.1) is 35.8 Å². The number of pyridine rings is 1. The number of hydrogen-bond donors (Lipinski definition) is 2. The van der Waals surface area contributed by atoms with Gasteiger partial charge < -0.3 is 29.7 Å². The number of halogens is 2. The van der Waals surface area contributed by atoms with Gasteiger partial charge in [-0.05, 0) is 106 Å². The molecule has 4 fully saturated rings. The molecule has 4 aromatic rings. The summed E-state index contributed by atoms with van der Waals surface area (Å²) in [7, 11) is 1.83. The normalized spacial score (nSPS) is 23.6. The smallest absolute Gasteiger partial charge is 0.280 e. The maximum absolute atomic E-state index is 15.2. The van der Waals surface area contributed by atoms with Gasteiger partial charge in [-0.25, -0.2) is 13.5 Å². The Labute approximate surface area is 369 Å². The number of likely N-dealkylation sites (tertiary alicyclic amines) is 1. The number of aliphatic imine (C=N–C) groups is 1. The molecule has 2 aromatic carbocycles. The van der Waals surface area contributed by atoms with Crippen LogP contribution in [0.15, 0.2) is 53.7 Å². The molecular formula is C47H52F2N10O5. The van der Waals surface area contributed by atoms with Crippen molar-refractivity contribution in [1.29, 1.82) is 0 Å². The van der Waals surface area contributed by atoms with E-state index >= 15 is 8.78 Å². The Morgan fingerprint density at radius 3 is 2.47 bits per heavy atom. The van der Waals surface area contributed by atoms with Crippen molar-refractivity contribution in [3.8, 4) is 17.1 Å². The second kappa shape index (κ2) is 16.4. The Hall–Kier alpha value is -6.23. The van der Waals surface area contributed by atoms with Crippen molar-refractivity contribution < 1.29 is 32.7 Å². The van der Waals surface area contributed by atoms with Gasteiger partial charge in [0.1, 0.15) is 11.6 Å². The minimum absolute atomic E-state index is 0.0477. The largest absolute Gasteiger partial charge is 0.477 e. The molecule has 4 amide bonds. The van der Waals surface area contributed by atoms with Crippen LogP contribution >= 0.6 is 0 Å². The lowest BCUT2D eigenvalue weighted by Crippen LogP contribution is -2.53. The first-order chi connectivity index (χ1) is 30.8. The van der Waals surface area contributed by atoms with Crippen LogP contribution in [0.3, 0.4) is 0 Å². The first kappa shape index (κ1) is 41.8. The van der Waals surface area contributed by atoms with E-state index < -0.39 is 35.3 Å². The SMILES string of the molecule is Cc1cc2cc(n1)-c1cnn(C)c1OCCC[C@@H](C)CN1/C(=N/C2=O)Nc2ccc(N3CC4(CCN(CC5CN(c6cc(F)c([C@H]7CCC(=O)NC7=O)c(F)c6)C5)CC4)CC3=O)cc21. The van der Waals surface area contributed by atoms with E-state index in [2.05, 4.69) is 37.4 Å². The molecule has 8 heterocycles. The number of imide groups is 1. The molecule has 0 radical (unpaired) electrons. The zero-order valence-electron chi connectivity index (χ0n) is 36.3. The van der Waals surface area contributed by atoms with Gasteiger partial charge in [0.2, 0.25) is 29.6 Å². The fourth-order valence-electron chi connectivity index (χ4n) is 10.5. The molecule has 334 valence electrons. The number of rotatable bonds is 5. The van der Waals surface area contributed by atoms with Gasteiger partial charge in [-0.3, -0.25) is 29.5 Å². The van der Waals surface area contributed by atoms with E-state index in [1.165, 1.54) is 12.1 Å². The highest BCUT2D eigenvalue weighted by atomic mass is 19.1. The Bertz CT molecular complexity index is 2580. The summed E-state index contributed by atoms with van der Waals surface area (Å²) < 4.78 is 38.3. The van der Waals surface area contributed by atoms with Crippen molar-refractivity contribution in [3.63, 3.8) is 0 Å². The molecule has 0 aliphatic carbocycles. The van der Waals surface area contributed by atoms with Gasteiger partial charge in [-0.2, -0.15) is 10.1 Å². The highest BCUT2D eigenvalue weighted by Crippen LogP contribution is 2.45. The Morgan fingerprint density at radius 1 is 0.922 bits per heavy atom. The van der Waals surface area contributed by atoms with Gasteiger partial charge in [-0.1, -0.05) is 6.92 Å². The van der Waals surface area contributed by atoms with Crippen molar-refractivity contribution in [3.05, 3.63) is 77.1 Å². The Morgan fingerprint density at radius 2 is 1.70 bits per heavy atom. The summed E-state index contributed by atoms with van der Waals surface area (Å²) in [5.74, 6) is -2.34. The highest BCUT2D eigenvalue weighted by molar-refractivity contribution is 6.19. The number of fused-ring (bicyclic) bond motifs is 7. The predicted molar refractivity (Wildman–Crippen MR) is 237 cm³/mol. The maximum Gasteiger partial charge on any atom is 0.280 e. The second-order valence-electron chi connectivity index (χ2n) is 18.7. The number of anilines is 4.